The highest BCUT2D eigenvalue weighted by atomic mass is 32.1. The Labute approximate surface area is 115 Å². The zero-order valence-electron chi connectivity index (χ0n) is 10.6. The molecule has 0 saturated heterocycles. The Morgan fingerprint density at radius 3 is 3.00 bits per heavy atom. The highest BCUT2D eigenvalue weighted by Crippen LogP contribution is 2.28. The average molecular weight is 281 g/mol. The van der Waals surface area contributed by atoms with Crippen LogP contribution in [0.15, 0.2) is 23.0 Å². The minimum atomic E-state index is -0.440. The van der Waals surface area contributed by atoms with Crippen LogP contribution in [0.1, 0.15) is 12.6 Å². The second-order valence-electron chi connectivity index (χ2n) is 3.96. The summed E-state index contributed by atoms with van der Waals surface area (Å²) in [5, 5.41) is 5.17. The van der Waals surface area contributed by atoms with E-state index in [1.54, 1.807) is 22.9 Å². The zero-order chi connectivity index (χ0) is 13.7. The highest BCUT2D eigenvalue weighted by Gasteiger charge is 2.08. The lowest BCUT2D eigenvalue weighted by atomic mass is 10.2. The van der Waals surface area contributed by atoms with Gasteiger partial charge in [-0.3, -0.25) is 0 Å². The molecule has 2 rings (SSSR count). The van der Waals surface area contributed by atoms with Crippen LogP contribution in [0.25, 0.3) is 0 Å². The molecule has 0 amide bonds. The van der Waals surface area contributed by atoms with Crippen molar-refractivity contribution in [2.75, 3.05) is 24.2 Å². The van der Waals surface area contributed by atoms with Crippen LogP contribution < -0.4 is 15.8 Å². The predicted octanol–water partition coefficient (Wildman–Crippen LogP) is 2.92. The molecule has 0 saturated carbocycles. The lowest BCUT2D eigenvalue weighted by molar-refractivity contribution is 0.322. The molecule has 0 radical (unpaired) electrons. The van der Waals surface area contributed by atoms with Gasteiger partial charge in [0.2, 0.25) is 0 Å². The molecule has 0 spiro atoms. The van der Waals surface area contributed by atoms with Gasteiger partial charge in [-0.2, -0.15) is 0 Å². The Hall–Kier alpha value is -1.82. The van der Waals surface area contributed by atoms with Crippen molar-refractivity contribution in [1.82, 2.24) is 4.98 Å². The standard InChI is InChI=1S/C13H16FN3OS/c1-2-18-13-6-12(11(15)5-10(13)14)16-4-3-9-7-19-8-17-9/h5-8,16H,2-4,15H2,1H3. The molecule has 1 heterocycles. The Balaban J connectivity index is 2.00. The number of hydrogen-bond donors (Lipinski definition) is 2. The van der Waals surface area contributed by atoms with Crippen molar-refractivity contribution < 1.29 is 9.13 Å². The van der Waals surface area contributed by atoms with E-state index in [1.165, 1.54) is 6.07 Å². The van der Waals surface area contributed by atoms with Gasteiger partial charge < -0.3 is 15.8 Å². The lowest BCUT2D eigenvalue weighted by Crippen LogP contribution is -2.08. The second-order valence-corrected chi connectivity index (χ2v) is 4.68. The fraction of sp³-hybridized carbons (Fsp3) is 0.308. The predicted molar refractivity (Wildman–Crippen MR) is 76.3 cm³/mol. The third kappa shape index (κ3) is 3.57. The first kappa shape index (κ1) is 13.6. The largest absolute Gasteiger partial charge is 0.491 e. The molecule has 0 atom stereocenters. The Morgan fingerprint density at radius 1 is 1.47 bits per heavy atom. The second kappa shape index (κ2) is 6.38. The third-order valence-corrected chi connectivity index (χ3v) is 3.22. The quantitative estimate of drug-likeness (QED) is 0.799. The summed E-state index contributed by atoms with van der Waals surface area (Å²) in [7, 11) is 0. The van der Waals surface area contributed by atoms with Crippen LogP contribution >= 0.6 is 11.3 Å². The molecule has 0 aliphatic rings. The molecule has 19 heavy (non-hydrogen) atoms. The number of hydrogen-bond acceptors (Lipinski definition) is 5. The summed E-state index contributed by atoms with van der Waals surface area (Å²) in [5.74, 6) is -0.225. The molecule has 0 fully saturated rings. The Kier molecular flexibility index (Phi) is 4.57. The van der Waals surface area contributed by atoms with Crippen LogP contribution in [-0.2, 0) is 6.42 Å². The maximum Gasteiger partial charge on any atom is 0.167 e. The number of nitrogen functional groups attached to an aromatic ring is 1. The maximum absolute atomic E-state index is 13.5. The number of nitrogens with two attached hydrogens (primary N) is 1. The molecule has 6 heteroatoms. The van der Waals surface area contributed by atoms with Gasteiger partial charge in [-0.1, -0.05) is 0 Å². The van der Waals surface area contributed by atoms with Crippen molar-refractivity contribution in [3.05, 3.63) is 34.5 Å². The van der Waals surface area contributed by atoms with Gasteiger partial charge in [0.25, 0.3) is 0 Å². The van der Waals surface area contributed by atoms with Gasteiger partial charge in [-0.15, -0.1) is 11.3 Å². The third-order valence-electron chi connectivity index (χ3n) is 2.58. The van der Waals surface area contributed by atoms with Gasteiger partial charge in [-0.25, -0.2) is 9.37 Å². The van der Waals surface area contributed by atoms with E-state index in [0.717, 1.165) is 12.1 Å². The summed E-state index contributed by atoms with van der Waals surface area (Å²) in [6.07, 6.45) is 0.796. The van der Waals surface area contributed by atoms with E-state index in [0.29, 0.717) is 24.5 Å². The average Bonchev–Trinajstić information content (AvgIpc) is 2.88. The molecular formula is C13H16FN3OS. The minimum Gasteiger partial charge on any atom is -0.491 e. The van der Waals surface area contributed by atoms with E-state index >= 15 is 0 Å². The molecule has 2 aromatic rings. The number of anilines is 2. The fourth-order valence-corrected chi connectivity index (χ4v) is 2.27. The van der Waals surface area contributed by atoms with E-state index in [-0.39, 0.29) is 5.75 Å². The molecular weight excluding hydrogens is 265 g/mol. The van der Waals surface area contributed by atoms with Gasteiger partial charge in [0.05, 0.1) is 29.2 Å². The minimum absolute atomic E-state index is 0.216. The molecule has 102 valence electrons. The lowest BCUT2D eigenvalue weighted by Gasteiger charge is -2.12. The van der Waals surface area contributed by atoms with Gasteiger partial charge in [0, 0.05) is 30.5 Å². The molecule has 0 bridgehead atoms. The monoisotopic (exact) mass is 281 g/mol. The number of thiazole rings is 1. The zero-order valence-corrected chi connectivity index (χ0v) is 11.5. The Morgan fingerprint density at radius 2 is 2.32 bits per heavy atom. The van der Waals surface area contributed by atoms with Crippen LogP contribution in [-0.4, -0.2) is 18.1 Å². The van der Waals surface area contributed by atoms with Gasteiger partial charge in [-0.05, 0) is 6.92 Å². The molecule has 3 N–H and O–H groups in total. The van der Waals surface area contributed by atoms with E-state index in [2.05, 4.69) is 10.3 Å². The van der Waals surface area contributed by atoms with Crippen LogP contribution in [0.2, 0.25) is 0 Å². The molecule has 0 unspecified atom stereocenters. The van der Waals surface area contributed by atoms with E-state index in [1.807, 2.05) is 12.3 Å². The normalized spacial score (nSPS) is 10.4. The summed E-state index contributed by atoms with van der Waals surface area (Å²) in [5.41, 5.74) is 9.66. The van der Waals surface area contributed by atoms with Gasteiger partial charge in [0.1, 0.15) is 0 Å². The topological polar surface area (TPSA) is 60.2 Å². The number of benzene rings is 1. The van der Waals surface area contributed by atoms with Crippen LogP contribution in [0.4, 0.5) is 15.8 Å². The summed E-state index contributed by atoms with van der Waals surface area (Å²) in [4.78, 5) is 4.19. The van der Waals surface area contributed by atoms with E-state index in [9.17, 15) is 4.39 Å². The number of nitrogens with zero attached hydrogens (tertiary/aromatic N) is 1. The van der Waals surface area contributed by atoms with E-state index < -0.39 is 5.82 Å². The first-order valence-electron chi connectivity index (χ1n) is 6.03. The number of halogens is 1. The van der Waals surface area contributed by atoms with Gasteiger partial charge in [0.15, 0.2) is 11.6 Å². The highest BCUT2D eigenvalue weighted by molar-refractivity contribution is 7.07. The van der Waals surface area contributed by atoms with Crippen molar-refractivity contribution >= 4 is 22.7 Å². The maximum atomic E-state index is 13.5. The number of ether oxygens (including phenoxy) is 1. The van der Waals surface area contributed by atoms with Crippen molar-refractivity contribution in [3.63, 3.8) is 0 Å². The molecule has 4 nitrogen and oxygen atoms in total. The van der Waals surface area contributed by atoms with Crippen molar-refractivity contribution in [3.8, 4) is 5.75 Å². The molecule has 0 aliphatic heterocycles. The first-order chi connectivity index (χ1) is 9.20. The number of aromatic nitrogens is 1. The van der Waals surface area contributed by atoms with Crippen LogP contribution in [0.3, 0.4) is 0 Å². The Bertz CT molecular complexity index is 531. The smallest absolute Gasteiger partial charge is 0.167 e. The summed E-state index contributed by atoms with van der Waals surface area (Å²) < 4.78 is 18.7. The summed E-state index contributed by atoms with van der Waals surface area (Å²) in [6, 6.07) is 2.87. The summed E-state index contributed by atoms with van der Waals surface area (Å²) in [6.45, 7) is 2.91. The molecule has 0 aliphatic carbocycles. The molecule has 1 aromatic heterocycles. The van der Waals surface area contributed by atoms with Crippen molar-refractivity contribution in [2.45, 2.75) is 13.3 Å². The van der Waals surface area contributed by atoms with Gasteiger partial charge >= 0.3 is 0 Å². The number of nitrogens with one attached hydrogen (secondary N) is 1. The van der Waals surface area contributed by atoms with Crippen LogP contribution in [0, 0.1) is 5.82 Å². The fourth-order valence-electron chi connectivity index (χ4n) is 1.67. The van der Waals surface area contributed by atoms with Crippen molar-refractivity contribution in [1.29, 1.82) is 0 Å². The summed E-state index contributed by atoms with van der Waals surface area (Å²) >= 11 is 1.57. The SMILES string of the molecule is CCOc1cc(NCCc2cscn2)c(N)cc1F. The van der Waals surface area contributed by atoms with Crippen molar-refractivity contribution in [2.24, 2.45) is 0 Å². The first-order valence-corrected chi connectivity index (χ1v) is 6.97. The van der Waals surface area contributed by atoms with E-state index in [4.69, 9.17) is 10.5 Å². The number of rotatable bonds is 6. The van der Waals surface area contributed by atoms with Crippen LogP contribution in [0.5, 0.6) is 5.75 Å². The molecule has 1 aromatic carbocycles.